The van der Waals surface area contributed by atoms with Crippen LogP contribution >= 0.6 is 0 Å². The third-order valence-electron chi connectivity index (χ3n) is 5.06. The number of rotatable bonds is 9. The fourth-order valence-electron chi connectivity index (χ4n) is 3.55. The maximum Gasteiger partial charge on any atom is 0.223 e. The molecule has 2 aromatic rings. The average molecular weight is 377 g/mol. The Hall–Kier alpha value is -2.87. The van der Waals surface area contributed by atoms with Gasteiger partial charge in [0.15, 0.2) is 0 Å². The molecule has 0 saturated heterocycles. The molecule has 0 unspecified atom stereocenters. The van der Waals surface area contributed by atoms with E-state index in [1.54, 1.807) is 11.1 Å². The minimum absolute atomic E-state index is 0.0445. The topological polar surface area (TPSA) is 66.2 Å². The summed E-state index contributed by atoms with van der Waals surface area (Å²) < 4.78 is 6.06. The van der Waals surface area contributed by atoms with E-state index in [9.17, 15) is 4.79 Å². The van der Waals surface area contributed by atoms with Crippen molar-refractivity contribution in [3.63, 3.8) is 0 Å². The van der Waals surface area contributed by atoms with Crippen LogP contribution in [0.25, 0.3) is 0 Å². The second kappa shape index (κ2) is 10.5. The van der Waals surface area contributed by atoms with Crippen molar-refractivity contribution in [3.8, 4) is 11.8 Å². The molecule has 3 rings (SSSR count). The Balaban J connectivity index is 1.56. The molecule has 5 heteroatoms. The predicted molar refractivity (Wildman–Crippen MR) is 108 cm³/mol. The van der Waals surface area contributed by atoms with Crippen molar-refractivity contribution in [2.75, 3.05) is 6.54 Å². The van der Waals surface area contributed by atoms with Crippen LogP contribution in [0.1, 0.15) is 49.8 Å². The largest absolute Gasteiger partial charge is 0.490 e. The van der Waals surface area contributed by atoms with Gasteiger partial charge in [-0.2, -0.15) is 5.26 Å². The number of hydrogen-bond acceptors (Lipinski definition) is 4. The van der Waals surface area contributed by atoms with E-state index >= 15 is 0 Å². The number of carbonyl (C=O) groups is 1. The van der Waals surface area contributed by atoms with Gasteiger partial charge in [-0.25, -0.2) is 0 Å². The number of nitriles is 1. The quantitative estimate of drug-likeness (QED) is 0.654. The number of hydrogen-bond donors (Lipinski definition) is 0. The van der Waals surface area contributed by atoms with Gasteiger partial charge in [-0.15, -0.1) is 0 Å². The van der Waals surface area contributed by atoms with E-state index in [0.717, 1.165) is 29.8 Å². The second-order valence-corrected chi connectivity index (χ2v) is 7.22. The van der Waals surface area contributed by atoms with Gasteiger partial charge in [0.1, 0.15) is 5.75 Å². The molecule has 0 radical (unpaired) electrons. The molecule has 0 atom stereocenters. The summed E-state index contributed by atoms with van der Waals surface area (Å²) in [6.45, 7) is 0.864. The van der Waals surface area contributed by atoms with E-state index in [4.69, 9.17) is 10.00 Å². The highest BCUT2D eigenvalue weighted by atomic mass is 16.5. The van der Waals surface area contributed by atoms with Crippen molar-refractivity contribution in [2.45, 2.75) is 57.6 Å². The Bertz CT molecular complexity index is 795. The van der Waals surface area contributed by atoms with E-state index in [-0.39, 0.29) is 5.91 Å². The van der Waals surface area contributed by atoms with Gasteiger partial charge in [0.25, 0.3) is 0 Å². The van der Waals surface area contributed by atoms with Gasteiger partial charge in [-0.3, -0.25) is 9.78 Å². The molecule has 0 bridgehead atoms. The van der Waals surface area contributed by atoms with E-state index in [1.807, 2.05) is 42.5 Å². The van der Waals surface area contributed by atoms with Crippen molar-refractivity contribution in [1.82, 2.24) is 9.88 Å². The fourth-order valence-corrected chi connectivity index (χ4v) is 3.55. The van der Waals surface area contributed by atoms with Crippen molar-refractivity contribution < 1.29 is 9.53 Å². The highest BCUT2D eigenvalue weighted by Crippen LogP contribution is 2.25. The van der Waals surface area contributed by atoms with Crippen molar-refractivity contribution in [2.24, 2.45) is 0 Å². The third-order valence-corrected chi connectivity index (χ3v) is 5.06. The van der Waals surface area contributed by atoms with Gasteiger partial charge in [0, 0.05) is 19.2 Å². The summed E-state index contributed by atoms with van der Waals surface area (Å²) >= 11 is 0. The van der Waals surface area contributed by atoms with Crippen LogP contribution in [0.15, 0.2) is 48.7 Å². The lowest BCUT2D eigenvalue weighted by Gasteiger charge is -2.21. The molecular formula is C23H27N3O2. The zero-order valence-corrected chi connectivity index (χ0v) is 16.2. The number of nitrogens with zero attached hydrogens (tertiary/aromatic N) is 3. The van der Waals surface area contributed by atoms with Gasteiger partial charge < -0.3 is 9.64 Å². The lowest BCUT2D eigenvalue weighted by atomic mass is 10.1. The monoisotopic (exact) mass is 377 g/mol. The van der Waals surface area contributed by atoms with Gasteiger partial charge in [0.2, 0.25) is 5.91 Å². The molecule has 5 nitrogen and oxygen atoms in total. The maximum absolute atomic E-state index is 12.7. The van der Waals surface area contributed by atoms with Gasteiger partial charge >= 0.3 is 0 Å². The molecule has 1 aliphatic carbocycles. The minimum atomic E-state index is 0.0445. The third kappa shape index (κ3) is 6.09. The van der Waals surface area contributed by atoms with Gasteiger partial charge in [-0.05, 0) is 61.9 Å². The molecule has 1 saturated carbocycles. The summed E-state index contributed by atoms with van der Waals surface area (Å²) in [7, 11) is 0. The van der Waals surface area contributed by atoms with Crippen molar-refractivity contribution in [3.05, 3.63) is 59.9 Å². The molecule has 1 aliphatic rings. The molecule has 1 aromatic heterocycles. The number of amides is 1. The Morgan fingerprint density at radius 3 is 2.82 bits per heavy atom. The minimum Gasteiger partial charge on any atom is -0.490 e. The van der Waals surface area contributed by atoms with E-state index in [1.165, 1.54) is 12.8 Å². The highest BCUT2D eigenvalue weighted by Gasteiger charge is 2.17. The Labute approximate surface area is 167 Å². The van der Waals surface area contributed by atoms with Crippen LogP contribution in [-0.4, -0.2) is 28.4 Å². The lowest BCUT2D eigenvalue weighted by Crippen LogP contribution is -2.31. The summed E-state index contributed by atoms with van der Waals surface area (Å²) in [6, 6.07) is 15.8. The SMILES string of the molecule is N#CCCN(Cc1ccccn1)C(=O)CCc1cccc(OC2CCCC2)c1. The zero-order valence-electron chi connectivity index (χ0n) is 16.2. The van der Waals surface area contributed by atoms with Crippen LogP contribution in [0, 0.1) is 11.3 Å². The molecule has 146 valence electrons. The van der Waals surface area contributed by atoms with Crippen LogP contribution < -0.4 is 4.74 Å². The normalized spacial score (nSPS) is 13.8. The highest BCUT2D eigenvalue weighted by molar-refractivity contribution is 5.76. The molecule has 0 aliphatic heterocycles. The van der Waals surface area contributed by atoms with Crippen LogP contribution in [0.4, 0.5) is 0 Å². The average Bonchev–Trinajstić information content (AvgIpc) is 3.23. The number of ether oxygens (including phenoxy) is 1. The summed E-state index contributed by atoms with van der Waals surface area (Å²) in [5.41, 5.74) is 1.93. The van der Waals surface area contributed by atoms with Crippen molar-refractivity contribution in [1.29, 1.82) is 5.26 Å². The van der Waals surface area contributed by atoms with Crippen molar-refractivity contribution >= 4 is 5.91 Å². The standard InChI is InChI=1S/C23H27N3O2/c24-14-6-16-26(18-20-8-3-4-15-25-20)23(27)13-12-19-7-5-11-22(17-19)28-21-9-1-2-10-21/h3-5,7-8,11,15,17,21H,1-2,6,9-10,12-13,16,18H2. The summed E-state index contributed by atoms with van der Waals surface area (Å²) in [5.74, 6) is 0.940. The van der Waals surface area contributed by atoms with E-state index < -0.39 is 0 Å². The first-order valence-corrected chi connectivity index (χ1v) is 10.0. The molecule has 0 spiro atoms. The number of aryl methyl sites for hydroxylation is 1. The van der Waals surface area contributed by atoms with Gasteiger partial charge in [0.05, 0.1) is 30.8 Å². The molecule has 1 amide bonds. The Morgan fingerprint density at radius 1 is 1.21 bits per heavy atom. The molecular weight excluding hydrogens is 350 g/mol. The van der Waals surface area contributed by atoms with E-state index in [2.05, 4.69) is 11.1 Å². The molecule has 1 heterocycles. The number of benzene rings is 1. The summed E-state index contributed by atoms with van der Waals surface area (Å²) in [5, 5.41) is 8.90. The van der Waals surface area contributed by atoms with Crippen LogP contribution in [0.5, 0.6) is 5.75 Å². The number of carbonyl (C=O) groups excluding carboxylic acids is 1. The molecule has 1 fully saturated rings. The van der Waals surface area contributed by atoms with Gasteiger partial charge in [-0.1, -0.05) is 18.2 Å². The van der Waals surface area contributed by atoms with Crippen LogP contribution in [0.3, 0.4) is 0 Å². The Kier molecular flexibility index (Phi) is 7.43. The molecule has 28 heavy (non-hydrogen) atoms. The van der Waals surface area contributed by atoms with E-state index in [0.29, 0.717) is 38.5 Å². The smallest absolute Gasteiger partial charge is 0.223 e. The van der Waals surface area contributed by atoms with Crippen LogP contribution in [-0.2, 0) is 17.8 Å². The first-order valence-electron chi connectivity index (χ1n) is 10.0. The second-order valence-electron chi connectivity index (χ2n) is 7.22. The molecule has 0 N–H and O–H groups in total. The lowest BCUT2D eigenvalue weighted by molar-refractivity contribution is -0.131. The first kappa shape index (κ1) is 19.9. The predicted octanol–water partition coefficient (Wildman–Crippen LogP) is 4.28. The Morgan fingerprint density at radius 2 is 2.07 bits per heavy atom. The summed E-state index contributed by atoms with van der Waals surface area (Å²) in [6.07, 6.45) is 8.19. The zero-order chi connectivity index (χ0) is 19.6. The fraction of sp³-hybridized carbons (Fsp3) is 0.435. The number of pyridine rings is 1. The van der Waals surface area contributed by atoms with Crippen LogP contribution in [0.2, 0.25) is 0 Å². The number of aromatic nitrogens is 1. The first-order chi connectivity index (χ1) is 13.7. The molecule has 1 aromatic carbocycles. The summed E-state index contributed by atoms with van der Waals surface area (Å²) in [4.78, 5) is 18.8. The maximum atomic E-state index is 12.7.